The Morgan fingerprint density at radius 3 is 2.18 bits per heavy atom. The molecule has 2 heterocycles. The van der Waals surface area contributed by atoms with E-state index in [2.05, 4.69) is 10.2 Å². The molecule has 0 bridgehead atoms. The summed E-state index contributed by atoms with van der Waals surface area (Å²) in [7, 11) is -2.06. The third-order valence-electron chi connectivity index (χ3n) is 6.46. The van der Waals surface area contributed by atoms with Crippen molar-refractivity contribution in [3.8, 4) is 5.75 Å². The highest BCUT2D eigenvalue weighted by molar-refractivity contribution is 7.89. The molecule has 0 atom stereocenters. The number of carbonyl (C=O) groups excluding carboxylic acids is 1. The number of anilines is 1. The van der Waals surface area contributed by atoms with Gasteiger partial charge in [-0.1, -0.05) is 18.6 Å². The fraction of sp³-hybridized carbons (Fsp3) is 0.480. The average molecular weight is 472 g/mol. The molecule has 0 aromatic heterocycles. The maximum absolute atomic E-state index is 13.6. The van der Waals surface area contributed by atoms with Gasteiger partial charge in [-0.25, -0.2) is 8.42 Å². The van der Waals surface area contributed by atoms with E-state index in [0.29, 0.717) is 30.9 Å². The van der Waals surface area contributed by atoms with Crippen LogP contribution in [0.1, 0.15) is 54.4 Å². The molecule has 0 aliphatic carbocycles. The fourth-order valence-electron chi connectivity index (χ4n) is 4.53. The number of benzene rings is 2. The van der Waals surface area contributed by atoms with Gasteiger partial charge in [0.2, 0.25) is 10.0 Å². The molecule has 33 heavy (non-hydrogen) atoms. The van der Waals surface area contributed by atoms with E-state index >= 15 is 0 Å². The topological polar surface area (TPSA) is 79.0 Å². The van der Waals surface area contributed by atoms with Gasteiger partial charge in [0.15, 0.2) is 0 Å². The van der Waals surface area contributed by atoms with Crippen molar-refractivity contribution in [3.05, 3.63) is 53.6 Å². The summed E-state index contributed by atoms with van der Waals surface area (Å²) >= 11 is 0. The summed E-state index contributed by atoms with van der Waals surface area (Å²) in [6.07, 6.45) is 6.07. The Kier molecular flexibility index (Phi) is 7.55. The number of rotatable bonds is 7. The van der Waals surface area contributed by atoms with E-state index in [1.807, 2.05) is 30.3 Å². The van der Waals surface area contributed by atoms with E-state index in [4.69, 9.17) is 4.74 Å². The number of hydrogen-bond acceptors (Lipinski definition) is 5. The maximum Gasteiger partial charge on any atom is 0.251 e. The number of nitrogens with zero attached hydrogens (tertiary/aromatic N) is 2. The number of nitrogens with one attached hydrogen (secondary N) is 1. The molecule has 2 saturated heterocycles. The van der Waals surface area contributed by atoms with Gasteiger partial charge in [-0.3, -0.25) is 4.79 Å². The largest absolute Gasteiger partial charge is 0.497 e. The van der Waals surface area contributed by atoms with Gasteiger partial charge in [0.1, 0.15) is 10.6 Å². The molecule has 8 heteroatoms. The summed E-state index contributed by atoms with van der Waals surface area (Å²) in [5.74, 6) is 0.469. The first kappa shape index (κ1) is 23.6. The zero-order chi connectivity index (χ0) is 23.3. The first-order chi connectivity index (χ1) is 16.0. The SMILES string of the molecule is COc1ccc(CNC(=O)c2ccc(N3CCCCC3)c(S(=O)(=O)N3CCCCC3)c2)cc1. The first-order valence-corrected chi connectivity index (χ1v) is 13.2. The van der Waals surface area contributed by atoms with Gasteiger partial charge in [-0.2, -0.15) is 4.31 Å². The Morgan fingerprint density at radius 1 is 0.909 bits per heavy atom. The molecule has 0 spiro atoms. The Bertz CT molecular complexity index is 1060. The smallest absolute Gasteiger partial charge is 0.251 e. The third-order valence-corrected chi connectivity index (χ3v) is 8.39. The molecule has 2 aliphatic heterocycles. The molecule has 2 aromatic rings. The second-order valence-electron chi connectivity index (χ2n) is 8.73. The minimum Gasteiger partial charge on any atom is -0.497 e. The van der Waals surface area contributed by atoms with Crippen molar-refractivity contribution in [2.45, 2.75) is 50.0 Å². The summed E-state index contributed by atoms with van der Waals surface area (Å²) in [4.78, 5) is 15.3. The highest BCUT2D eigenvalue weighted by Gasteiger charge is 2.31. The van der Waals surface area contributed by atoms with Gasteiger partial charge in [0.05, 0.1) is 12.8 Å². The normalized spacial score (nSPS) is 17.5. The Morgan fingerprint density at radius 2 is 1.55 bits per heavy atom. The lowest BCUT2D eigenvalue weighted by Crippen LogP contribution is -2.38. The molecule has 2 aromatic carbocycles. The van der Waals surface area contributed by atoms with E-state index in [1.54, 1.807) is 23.5 Å². The number of ether oxygens (including phenoxy) is 1. The summed E-state index contributed by atoms with van der Waals surface area (Å²) in [6.45, 7) is 3.10. The number of carbonyl (C=O) groups is 1. The minimum absolute atomic E-state index is 0.253. The maximum atomic E-state index is 13.6. The molecular formula is C25H33N3O4S. The molecule has 2 fully saturated rings. The van der Waals surface area contributed by atoms with Crippen LogP contribution < -0.4 is 15.0 Å². The minimum atomic E-state index is -3.68. The zero-order valence-corrected chi connectivity index (χ0v) is 20.1. The molecule has 7 nitrogen and oxygen atoms in total. The van der Waals surface area contributed by atoms with Gasteiger partial charge < -0.3 is 15.0 Å². The van der Waals surface area contributed by atoms with Crippen LogP contribution in [0.15, 0.2) is 47.4 Å². The zero-order valence-electron chi connectivity index (χ0n) is 19.3. The lowest BCUT2D eigenvalue weighted by atomic mass is 10.1. The number of amides is 1. The van der Waals surface area contributed by atoms with Crippen LogP contribution in [0.3, 0.4) is 0 Å². The van der Waals surface area contributed by atoms with Crippen molar-refractivity contribution in [1.29, 1.82) is 0 Å². The highest BCUT2D eigenvalue weighted by Crippen LogP contribution is 2.32. The van der Waals surface area contributed by atoms with Crippen molar-refractivity contribution in [3.63, 3.8) is 0 Å². The molecule has 0 unspecified atom stereocenters. The summed E-state index contributed by atoms with van der Waals surface area (Å²) in [5, 5.41) is 2.91. The predicted octanol–water partition coefficient (Wildman–Crippen LogP) is 3.79. The quantitative estimate of drug-likeness (QED) is 0.665. The van der Waals surface area contributed by atoms with Crippen molar-refractivity contribution in [1.82, 2.24) is 9.62 Å². The lowest BCUT2D eigenvalue weighted by molar-refractivity contribution is 0.0950. The Balaban J connectivity index is 1.59. The second-order valence-corrected chi connectivity index (χ2v) is 10.6. The number of methoxy groups -OCH3 is 1. The molecule has 2 aliphatic rings. The van der Waals surface area contributed by atoms with Crippen LogP contribution in [0.25, 0.3) is 0 Å². The van der Waals surface area contributed by atoms with Gasteiger partial charge >= 0.3 is 0 Å². The van der Waals surface area contributed by atoms with E-state index in [-0.39, 0.29) is 10.8 Å². The molecule has 4 rings (SSSR count). The Hall–Kier alpha value is -2.58. The van der Waals surface area contributed by atoms with Crippen LogP contribution in [0.4, 0.5) is 5.69 Å². The lowest BCUT2D eigenvalue weighted by Gasteiger charge is -2.33. The Labute approximate surface area is 196 Å². The van der Waals surface area contributed by atoms with E-state index in [0.717, 1.165) is 62.9 Å². The predicted molar refractivity (Wildman–Crippen MR) is 129 cm³/mol. The van der Waals surface area contributed by atoms with Crippen molar-refractivity contribution >= 4 is 21.6 Å². The molecule has 178 valence electrons. The number of hydrogen-bond donors (Lipinski definition) is 1. The number of sulfonamides is 1. The van der Waals surface area contributed by atoms with Gasteiger partial charge in [-0.05, 0) is 68.0 Å². The first-order valence-electron chi connectivity index (χ1n) is 11.8. The van der Waals surface area contributed by atoms with Crippen molar-refractivity contribution in [2.24, 2.45) is 0 Å². The fourth-order valence-corrected chi connectivity index (χ4v) is 6.28. The van der Waals surface area contributed by atoms with Crippen molar-refractivity contribution < 1.29 is 17.9 Å². The third kappa shape index (κ3) is 5.50. The van der Waals surface area contributed by atoms with Crippen molar-refractivity contribution in [2.75, 3.05) is 38.2 Å². The van der Waals surface area contributed by atoms with Gasteiger partial charge in [0, 0.05) is 38.3 Å². The van der Waals surface area contributed by atoms with Crippen LogP contribution in [0, 0.1) is 0 Å². The standard InChI is InChI=1S/C25H33N3O4S/c1-32-22-11-8-20(9-12-22)19-26-25(29)21-10-13-23(27-14-4-2-5-15-27)24(18-21)33(30,31)28-16-6-3-7-17-28/h8-13,18H,2-7,14-17,19H2,1H3,(H,26,29). The molecular weight excluding hydrogens is 438 g/mol. The monoisotopic (exact) mass is 471 g/mol. The van der Waals surface area contributed by atoms with Crippen LogP contribution in [-0.2, 0) is 16.6 Å². The van der Waals surface area contributed by atoms with Crippen LogP contribution >= 0.6 is 0 Å². The van der Waals surface area contributed by atoms with Gasteiger partial charge in [0.25, 0.3) is 5.91 Å². The summed E-state index contributed by atoms with van der Waals surface area (Å²) in [6, 6.07) is 12.6. The number of piperidine rings is 2. The highest BCUT2D eigenvalue weighted by atomic mass is 32.2. The van der Waals surface area contributed by atoms with E-state index < -0.39 is 10.0 Å². The van der Waals surface area contributed by atoms with Crippen LogP contribution in [0.5, 0.6) is 5.75 Å². The average Bonchev–Trinajstić information content (AvgIpc) is 2.88. The van der Waals surface area contributed by atoms with E-state index in [1.165, 1.54) is 0 Å². The van der Waals surface area contributed by atoms with Crippen LogP contribution in [-0.4, -0.2) is 51.9 Å². The molecule has 1 amide bonds. The van der Waals surface area contributed by atoms with Crippen LogP contribution in [0.2, 0.25) is 0 Å². The molecule has 0 radical (unpaired) electrons. The molecule has 0 saturated carbocycles. The molecule has 1 N–H and O–H groups in total. The second kappa shape index (κ2) is 10.6. The summed E-state index contributed by atoms with van der Waals surface area (Å²) in [5.41, 5.74) is 2.02. The summed E-state index contributed by atoms with van der Waals surface area (Å²) < 4.78 is 34.0. The van der Waals surface area contributed by atoms with E-state index in [9.17, 15) is 13.2 Å². The van der Waals surface area contributed by atoms with Gasteiger partial charge in [-0.15, -0.1) is 0 Å².